The van der Waals surface area contributed by atoms with Crippen molar-refractivity contribution in [3.8, 4) is 5.75 Å². The first-order chi connectivity index (χ1) is 14.3. The van der Waals surface area contributed by atoms with Crippen LogP contribution in [0.15, 0.2) is 54.6 Å². The van der Waals surface area contributed by atoms with Crippen LogP contribution in [0, 0.1) is 0 Å². The highest BCUT2D eigenvalue weighted by molar-refractivity contribution is 7.92. The Balaban J connectivity index is 1.66. The van der Waals surface area contributed by atoms with Crippen molar-refractivity contribution in [2.75, 3.05) is 23.0 Å². The SMILES string of the molecule is COc1ccc(N([C@@H](C)C(=O)Nc2ccc3c4c(cccc24)CC3)S(C)(=O)=O)cc1. The second-order valence-electron chi connectivity index (χ2n) is 7.53. The molecule has 6 nitrogen and oxygen atoms in total. The van der Waals surface area contributed by atoms with Gasteiger partial charge in [0, 0.05) is 11.1 Å². The molecule has 0 unspecified atom stereocenters. The molecular weight excluding hydrogens is 400 g/mol. The van der Waals surface area contributed by atoms with Gasteiger partial charge in [0.2, 0.25) is 15.9 Å². The predicted molar refractivity (Wildman–Crippen MR) is 120 cm³/mol. The molecule has 0 bridgehead atoms. The lowest BCUT2D eigenvalue weighted by Gasteiger charge is -2.28. The van der Waals surface area contributed by atoms with E-state index in [1.807, 2.05) is 24.3 Å². The summed E-state index contributed by atoms with van der Waals surface area (Å²) >= 11 is 0. The molecule has 0 radical (unpaired) electrons. The summed E-state index contributed by atoms with van der Waals surface area (Å²) in [6, 6.07) is 15.7. The highest BCUT2D eigenvalue weighted by Crippen LogP contribution is 2.35. The smallest absolute Gasteiger partial charge is 0.248 e. The molecule has 7 heteroatoms. The van der Waals surface area contributed by atoms with Gasteiger partial charge in [-0.3, -0.25) is 9.10 Å². The normalized spacial score (nSPS) is 13.8. The summed E-state index contributed by atoms with van der Waals surface area (Å²) in [6.07, 6.45) is 3.10. The number of sulfonamides is 1. The largest absolute Gasteiger partial charge is 0.497 e. The summed E-state index contributed by atoms with van der Waals surface area (Å²) in [5.74, 6) is 0.215. The molecule has 3 aromatic carbocycles. The third-order valence-electron chi connectivity index (χ3n) is 5.55. The zero-order valence-corrected chi connectivity index (χ0v) is 18.0. The molecule has 0 aromatic heterocycles. The number of carbonyl (C=O) groups is 1. The lowest BCUT2D eigenvalue weighted by atomic mass is 10.0. The van der Waals surface area contributed by atoms with Crippen LogP contribution >= 0.6 is 0 Å². The summed E-state index contributed by atoms with van der Waals surface area (Å²) in [6.45, 7) is 1.58. The zero-order chi connectivity index (χ0) is 21.5. The lowest BCUT2D eigenvalue weighted by molar-refractivity contribution is -0.116. The van der Waals surface area contributed by atoms with Crippen LogP contribution in [0.25, 0.3) is 10.8 Å². The van der Waals surface area contributed by atoms with Crippen LogP contribution in [0.5, 0.6) is 5.75 Å². The number of hydrogen-bond acceptors (Lipinski definition) is 4. The minimum atomic E-state index is -3.69. The molecule has 1 amide bonds. The van der Waals surface area contributed by atoms with Crippen molar-refractivity contribution in [3.63, 3.8) is 0 Å². The number of rotatable bonds is 6. The molecule has 0 spiro atoms. The number of aryl methyl sites for hydroxylation is 2. The maximum Gasteiger partial charge on any atom is 0.248 e. The van der Waals surface area contributed by atoms with E-state index in [-0.39, 0.29) is 0 Å². The Morgan fingerprint density at radius 3 is 2.33 bits per heavy atom. The molecule has 30 heavy (non-hydrogen) atoms. The molecule has 3 aromatic rings. The topological polar surface area (TPSA) is 75.7 Å². The van der Waals surface area contributed by atoms with Gasteiger partial charge >= 0.3 is 0 Å². The number of nitrogens with zero attached hydrogens (tertiary/aromatic N) is 1. The van der Waals surface area contributed by atoms with Crippen LogP contribution < -0.4 is 14.4 Å². The number of nitrogens with one attached hydrogen (secondary N) is 1. The standard InChI is InChI=1S/C23H24N2O4S/c1-15(25(30(3,27)28)18-10-12-19(29-2)13-11-18)23(26)24-21-14-9-17-8-7-16-5-4-6-20(21)22(16)17/h4-6,9-15H,7-8H2,1-3H3,(H,24,26)/t15-/m0/s1. The summed E-state index contributed by atoms with van der Waals surface area (Å²) in [5, 5.41) is 5.12. The third kappa shape index (κ3) is 3.61. The molecule has 0 aliphatic heterocycles. The van der Waals surface area contributed by atoms with Crippen LogP contribution in [0.1, 0.15) is 18.1 Å². The molecule has 4 rings (SSSR count). The fourth-order valence-corrected chi connectivity index (χ4v) is 5.31. The second-order valence-corrected chi connectivity index (χ2v) is 9.39. The van der Waals surface area contributed by atoms with Crippen molar-refractivity contribution >= 4 is 38.1 Å². The monoisotopic (exact) mass is 424 g/mol. The number of hydrogen-bond donors (Lipinski definition) is 1. The number of methoxy groups -OCH3 is 1. The van der Waals surface area contributed by atoms with Gasteiger partial charge in [0.05, 0.1) is 19.1 Å². The minimum absolute atomic E-state index is 0.394. The zero-order valence-electron chi connectivity index (χ0n) is 17.2. The Bertz CT molecular complexity index is 1210. The number of ether oxygens (including phenoxy) is 1. The summed E-state index contributed by atoms with van der Waals surface area (Å²) in [7, 11) is -2.15. The predicted octanol–water partition coefficient (Wildman–Crippen LogP) is 3.74. The maximum atomic E-state index is 13.1. The van der Waals surface area contributed by atoms with Gasteiger partial charge in [0.15, 0.2) is 0 Å². The van der Waals surface area contributed by atoms with E-state index >= 15 is 0 Å². The van der Waals surface area contributed by atoms with Crippen molar-refractivity contribution in [2.45, 2.75) is 25.8 Å². The summed E-state index contributed by atoms with van der Waals surface area (Å²) in [4.78, 5) is 13.1. The Morgan fingerprint density at radius 1 is 1.03 bits per heavy atom. The van der Waals surface area contributed by atoms with Gasteiger partial charge < -0.3 is 10.1 Å². The maximum absolute atomic E-state index is 13.1. The van der Waals surface area contributed by atoms with Crippen LogP contribution in [0.4, 0.5) is 11.4 Å². The van der Waals surface area contributed by atoms with Gasteiger partial charge in [-0.15, -0.1) is 0 Å². The molecule has 0 saturated carbocycles. The van der Waals surface area contributed by atoms with Crippen LogP contribution in [-0.2, 0) is 27.7 Å². The van der Waals surface area contributed by atoms with Gasteiger partial charge in [-0.05, 0) is 66.6 Å². The molecule has 1 N–H and O–H groups in total. The number of benzene rings is 3. The van der Waals surface area contributed by atoms with Gasteiger partial charge in [-0.25, -0.2) is 8.42 Å². The highest BCUT2D eigenvalue weighted by Gasteiger charge is 2.29. The van der Waals surface area contributed by atoms with Crippen LogP contribution in [-0.4, -0.2) is 33.7 Å². The van der Waals surface area contributed by atoms with Gasteiger partial charge in [-0.1, -0.05) is 24.3 Å². The van der Waals surface area contributed by atoms with E-state index in [2.05, 4.69) is 11.4 Å². The Labute approximate surface area is 176 Å². The first kappa shape index (κ1) is 20.2. The molecular formula is C23H24N2O4S. The highest BCUT2D eigenvalue weighted by atomic mass is 32.2. The van der Waals surface area contributed by atoms with E-state index in [1.54, 1.807) is 31.2 Å². The van der Waals surface area contributed by atoms with E-state index in [1.165, 1.54) is 23.6 Å². The van der Waals surface area contributed by atoms with Gasteiger partial charge in [0.1, 0.15) is 11.8 Å². The Hall–Kier alpha value is -3.06. The second kappa shape index (κ2) is 7.65. The van der Waals surface area contributed by atoms with Crippen molar-refractivity contribution in [2.24, 2.45) is 0 Å². The molecule has 1 aliphatic rings. The van der Waals surface area contributed by atoms with E-state index in [9.17, 15) is 13.2 Å². The van der Waals surface area contributed by atoms with E-state index < -0.39 is 22.0 Å². The van der Waals surface area contributed by atoms with E-state index in [4.69, 9.17) is 4.74 Å². The third-order valence-corrected chi connectivity index (χ3v) is 6.79. The number of carbonyl (C=O) groups excluding carboxylic acids is 1. The molecule has 156 valence electrons. The van der Waals surface area contributed by atoms with Crippen LogP contribution in [0.3, 0.4) is 0 Å². The molecule has 0 heterocycles. The van der Waals surface area contributed by atoms with Crippen molar-refractivity contribution in [1.82, 2.24) is 0 Å². The van der Waals surface area contributed by atoms with Crippen molar-refractivity contribution in [3.05, 3.63) is 65.7 Å². The van der Waals surface area contributed by atoms with Gasteiger partial charge in [-0.2, -0.15) is 0 Å². The van der Waals surface area contributed by atoms with Crippen LogP contribution in [0.2, 0.25) is 0 Å². The Kier molecular flexibility index (Phi) is 5.15. The summed E-state index contributed by atoms with van der Waals surface area (Å²) in [5.41, 5.74) is 3.66. The van der Waals surface area contributed by atoms with E-state index in [0.717, 1.165) is 28.8 Å². The first-order valence-electron chi connectivity index (χ1n) is 9.77. The average molecular weight is 425 g/mol. The van der Waals surface area contributed by atoms with Crippen molar-refractivity contribution in [1.29, 1.82) is 0 Å². The molecule has 1 aliphatic carbocycles. The fraction of sp³-hybridized carbons (Fsp3) is 0.261. The molecule has 0 fully saturated rings. The minimum Gasteiger partial charge on any atom is -0.497 e. The Morgan fingerprint density at radius 2 is 1.70 bits per heavy atom. The quantitative estimate of drug-likeness (QED) is 0.654. The van der Waals surface area contributed by atoms with Crippen molar-refractivity contribution < 1.29 is 17.9 Å². The molecule has 1 atom stereocenters. The van der Waals surface area contributed by atoms with Gasteiger partial charge in [0.25, 0.3) is 0 Å². The average Bonchev–Trinajstić information content (AvgIpc) is 3.14. The lowest BCUT2D eigenvalue weighted by Crippen LogP contribution is -2.45. The number of amides is 1. The van der Waals surface area contributed by atoms with E-state index in [0.29, 0.717) is 17.1 Å². The first-order valence-corrected chi connectivity index (χ1v) is 11.6. The summed E-state index contributed by atoms with van der Waals surface area (Å²) < 4.78 is 31.3. The molecule has 0 saturated heterocycles. The fourth-order valence-electron chi connectivity index (χ4n) is 4.13. The number of anilines is 2.